The molecule has 1 aromatic carbocycles. The zero-order valence-electron chi connectivity index (χ0n) is 11.6. The average molecular weight is 309 g/mol. The van der Waals surface area contributed by atoms with Gasteiger partial charge >= 0.3 is 0 Å². The maximum atomic E-state index is 12.1. The highest BCUT2D eigenvalue weighted by Crippen LogP contribution is 2.26. The van der Waals surface area contributed by atoms with Crippen molar-refractivity contribution >= 4 is 29.1 Å². The Kier molecular flexibility index (Phi) is 5.26. The Morgan fingerprint density at radius 2 is 2.15 bits per heavy atom. The van der Waals surface area contributed by atoms with Crippen molar-refractivity contribution in [2.75, 3.05) is 5.75 Å². The molecule has 0 bridgehead atoms. The molecular formula is C15H17ClN2OS. The van der Waals surface area contributed by atoms with Crippen LogP contribution in [-0.4, -0.2) is 21.3 Å². The summed E-state index contributed by atoms with van der Waals surface area (Å²) in [5.74, 6) is 0.613. The summed E-state index contributed by atoms with van der Waals surface area (Å²) in [7, 11) is 0. The third-order valence-electron chi connectivity index (χ3n) is 2.89. The fourth-order valence-electron chi connectivity index (χ4n) is 1.99. The van der Waals surface area contributed by atoms with E-state index in [1.807, 2.05) is 48.9 Å². The van der Waals surface area contributed by atoms with Crippen molar-refractivity contribution in [3.63, 3.8) is 0 Å². The third kappa shape index (κ3) is 3.87. The maximum Gasteiger partial charge on any atom is 0.149 e. The van der Waals surface area contributed by atoms with Gasteiger partial charge in [0.1, 0.15) is 5.78 Å². The molecule has 3 nitrogen and oxygen atoms in total. The summed E-state index contributed by atoms with van der Waals surface area (Å²) in [4.78, 5) is 13.0. The van der Waals surface area contributed by atoms with E-state index in [0.29, 0.717) is 17.2 Å². The number of Topliss-reactive ketones (excluding diaryl/α,β-unsaturated/α-hetero) is 1. The van der Waals surface area contributed by atoms with Crippen molar-refractivity contribution in [2.24, 2.45) is 0 Å². The fraction of sp³-hybridized carbons (Fsp3) is 0.333. The van der Waals surface area contributed by atoms with Crippen LogP contribution in [0.3, 0.4) is 0 Å². The Labute approximate surface area is 128 Å². The Morgan fingerprint density at radius 1 is 1.40 bits per heavy atom. The van der Waals surface area contributed by atoms with Gasteiger partial charge in [-0.15, -0.1) is 11.8 Å². The lowest BCUT2D eigenvalue weighted by Gasteiger charge is -2.05. The Morgan fingerprint density at radius 3 is 2.85 bits per heavy atom. The first-order chi connectivity index (χ1) is 9.60. The number of ketones is 1. The van der Waals surface area contributed by atoms with Crippen molar-refractivity contribution in [3.8, 4) is 0 Å². The van der Waals surface area contributed by atoms with E-state index in [2.05, 4.69) is 5.10 Å². The van der Waals surface area contributed by atoms with Gasteiger partial charge in [-0.3, -0.25) is 9.48 Å². The highest BCUT2D eigenvalue weighted by Gasteiger charge is 2.11. The SMILES string of the molecule is CCn1nc(C)cc1CC(=O)CSc1ccccc1Cl. The summed E-state index contributed by atoms with van der Waals surface area (Å²) < 4.78 is 1.88. The molecule has 0 atom stereocenters. The van der Waals surface area contributed by atoms with Gasteiger partial charge in [-0.05, 0) is 32.0 Å². The van der Waals surface area contributed by atoms with E-state index in [1.165, 1.54) is 11.8 Å². The smallest absolute Gasteiger partial charge is 0.149 e. The predicted octanol–water partition coefficient (Wildman–Crippen LogP) is 3.77. The molecule has 0 amide bonds. The summed E-state index contributed by atoms with van der Waals surface area (Å²) >= 11 is 7.56. The van der Waals surface area contributed by atoms with Crippen LogP contribution in [0.2, 0.25) is 5.02 Å². The molecule has 20 heavy (non-hydrogen) atoms. The van der Waals surface area contributed by atoms with Crippen LogP contribution in [0.5, 0.6) is 0 Å². The highest BCUT2D eigenvalue weighted by atomic mass is 35.5. The lowest BCUT2D eigenvalue weighted by Crippen LogP contribution is -2.11. The molecule has 0 fully saturated rings. The first-order valence-corrected chi connectivity index (χ1v) is 7.89. The van der Waals surface area contributed by atoms with Crippen LogP contribution in [0.15, 0.2) is 35.2 Å². The van der Waals surface area contributed by atoms with Crippen molar-refractivity contribution in [1.29, 1.82) is 0 Å². The molecule has 0 N–H and O–H groups in total. The van der Waals surface area contributed by atoms with Gasteiger partial charge in [-0.1, -0.05) is 23.7 Å². The number of carbonyl (C=O) groups is 1. The summed E-state index contributed by atoms with van der Waals surface area (Å²) in [6.07, 6.45) is 0.423. The summed E-state index contributed by atoms with van der Waals surface area (Å²) in [6, 6.07) is 9.55. The summed E-state index contributed by atoms with van der Waals surface area (Å²) in [5, 5.41) is 5.05. The van der Waals surface area contributed by atoms with Crippen molar-refractivity contribution in [1.82, 2.24) is 9.78 Å². The van der Waals surface area contributed by atoms with Crippen LogP contribution in [0.1, 0.15) is 18.3 Å². The molecule has 1 aromatic heterocycles. The van der Waals surface area contributed by atoms with E-state index in [1.54, 1.807) is 0 Å². The molecule has 0 aliphatic heterocycles. The second-order valence-electron chi connectivity index (χ2n) is 4.53. The quantitative estimate of drug-likeness (QED) is 0.762. The van der Waals surface area contributed by atoms with Gasteiger partial charge in [0.15, 0.2) is 0 Å². The molecule has 5 heteroatoms. The second kappa shape index (κ2) is 6.95. The van der Waals surface area contributed by atoms with Crippen LogP contribution in [0, 0.1) is 6.92 Å². The number of hydrogen-bond donors (Lipinski definition) is 0. The van der Waals surface area contributed by atoms with Gasteiger partial charge in [0, 0.05) is 23.6 Å². The number of carbonyl (C=O) groups excluding carboxylic acids is 1. The molecule has 0 saturated heterocycles. The van der Waals surface area contributed by atoms with E-state index in [-0.39, 0.29) is 5.78 Å². The first kappa shape index (κ1) is 15.1. The minimum absolute atomic E-state index is 0.185. The number of benzene rings is 1. The monoisotopic (exact) mass is 308 g/mol. The van der Waals surface area contributed by atoms with Gasteiger partial charge < -0.3 is 0 Å². The fourth-order valence-corrected chi connectivity index (χ4v) is 3.09. The van der Waals surface area contributed by atoms with Gasteiger partial charge in [-0.25, -0.2) is 0 Å². The lowest BCUT2D eigenvalue weighted by molar-refractivity contribution is -0.116. The molecule has 0 aliphatic carbocycles. The van der Waals surface area contributed by atoms with Crippen LogP contribution in [0.25, 0.3) is 0 Å². The number of rotatable bonds is 6. The first-order valence-electron chi connectivity index (χ1n) is 6.52. The van der Waals surface area contributed by atoms with Crippen LogP contribution in [-0.2, 0) is 17.8 Å². The van der Waals surface area contributed by atoms with Gasteiger partial charge in [0.05, 0.1) is 16.5 Å². The average Bonchev–Trinajstić information content (AvgIpc) is 2.78. The minimum atomic E-state index is 0.185. The highest BCUT2D eigenvalue weighted by molar-refractivity contribution is 8.00. The zero-order chi connectivity index (χ0) is 14.5. The van der Waals surface area contributed by atoms with Gasteiger partial charge in [0.25, 0.3) is 0 Å². The molecule has 0 spiro atoms. The molecule has 0 saturated carbocycles. The summed E-state index contributed by atoms with van der Waals surface area (Å²) in [5.41, 5.74) is 1.93. The van der Waals surface area contributed by atoms with E-state index >= 15 is 0 Å². The Hall–Kier alpha value is -1.26. The second-order valence-corrected chi connectivity index (χ2v) is 5.95. The topological polar surface area (TPSA) is 34.9 Å². The summed E-state index contributed by atoms with van der Waals surface area (Å²) in [6.45, 7) is 4.76. The van der Waals surface area contributed by atoms with Crippen molar-refractivity contribution < 1.29 is 4.79 Å². The number of hydrogen-bond acceptors (Lipinski definition) is 3. The maximum absolute atomic E-state index is 12.1. The van der Waals surface area contributed by atoms with Crippen LogP contribution >= 0.6 is 23.4 Å². The molecule has 2 rings (SSSR count). The predicted molar refractivity (Wildman–Crippen MR) is 83.5 cm³/mol. The largest absolute Gasteiger partial charge is 0.298 e. The number of aromatic nitrogens is 2. The molecular weight excluding hydrogens is 292 g/mol. The zero-order valence-corrected chi connectivity index (χ0v) is 13.2. The minimum Gasteiger partial charge on any atom is -0.298 e. The van der Waals surface area contributed by atoms with Crippen LogP contribution < -0.4 is 0 Å². The molecule has 106 valence electrons. The lowest BCUT2D eigenvalue weighted by atomic mass is 10.2. The van der Waals surface area contributed by atoms with Crippen molar-refractivity contribution in [2.45, 2.75) is 31.7 Å². The standard InChI is InChI=1S/C15H17ClN2OS/c1-3-18-12(8-11(2)17-18)9-13(19)10-20-15-7-5-4-6-14(15)16/h4-8H,3,9-10H2,1-2H3. The molecule has 2 aromatic rings. The Balaban J connectivity index is 1.94. The van der Waals surface area contributed by atoms with Crippen LogP contribution in [0.4, 0.5) is 0 Å². The van der Waals surface area contributed by atoms with Gasteiger partial charge in [0.2, 0.25) is 0 Å². The molecule has 0 radical (unpaired) electrons. The van der Waals surface area contributed by atoms with E-state index in [4.69, 9.17) is 11.6 Å². The number of thioether (sulfide) groups is 1. The Bertz CT molecular complexity index is 610. The molecule has 0 unspecified atom stereocenters. The number of aryl methyl sites for hydroxylation is 2. The van der Waals surface area contributed by atoms with E-state index < -0.39 is 0 Å². The van der Waals surface area contributed by atoms with Gasteiger partial charge in [-0.2, -0.15) is 5.10 Å². The van der Waals surface area contributed by atoms with E-state index in [9.17, 15) is 4.79 Å². The molecule has 0 aliphatic rings. The molecule has 1 heterocycles. The number of nitrogens with zero attached hydrogens (tertiary/aromatic N) is 2. The number of halogens is 1. The normalized spacial score (nSPS) is 10.8. The van der Waals surface area contributed by atoms with E-state index in [0.717, 1.165) is 22.8 Å². The third-order valence-corrected chi connectivity index (χ3v) is 4.46. The van der Waals surface area contributed by atoms with Crippen molar-refractivity contribution in [3.05, 3.63) is 46.7 Å².